The molecular formula is C10H8F3NO2. The van der Waals surface area contributed by atoms with Crippen LogP contribution in [0.25, 0.3) is 0 Å². The molecule has 16 heavy (non-hydrogen) atoms. The number of para-hydroxylation sites is 1. The lowest BCUT2D eigenvalue weighted by molar-refractivity contribution is -0.137. The van der Waals surface area contributed by atoms with E-state index in [0.717, 1.165) is 6.07 Å². The Labute approximate surface area is 89.4 Å². The van der Waals surface area contributed by atoms with E-state index in [-0.39, 0.29) is 18.7 Å². The molecule has 1 aromatic carbocycles. The summed E-state index contributed by atoms with van der Waals surface area (Å²) in [6, 6.07) is 4.84. The van der Waals surface area contributed by atoms with Crippen LogP contribution in [0.4, 0.5) is 18.9 Å². The van der Waals surface area contributed by atoms with Gasteiger partial charge in [-0.1, -0.05) is 12.1 Å². The highest BCUT2D eigenvalue weighted by atomic mass is 19.4. The molecule has 0 unspecified atom stereocenters. The lowest BCUT2D eigenvalue weighted by Crippen LogP contribution is -2.25. The molecule has 0 saturated carbocycles. The van der Waals surface area contributed by atoms with Crippen molar-refractivity contribution in [3.63, 3.8) is 0 Å². The number of carbonyl (C=O) groups is 1. The molecule has 1 amide bonds. The Hall–Kier alpha value is -1.56. The molecule has 1 aromatic rings. The number of hydrogen-bond donors (Lipinski definition) is 0. The van der Waals surface area contributed by atoms with Crippen molar-refractivity contribution in [1.82, 2.24) is 0 Å². The molecule has 1 saturated heterocycles. The van der Waals surface area contributed by atoms with Crippen LogP contribution in [0.1, 0.15) is 12.0 Å². The molecule has 0 aromatic heterocycles. The predicted molar refractivity (Wildman–Crippen MR) is 49.5 cm³/mol. The summed E-state index contributed by atoms with van der Waals surface area (Å²) in [7, 11) is 0. The van der Waals surface area contributed by atoms with Crippen LogP contribution >= 0.6 is 0 Å². The maximum absolute atomic E-state index is 12.6. The van der Waals surface area contributed by atoms with E-state index in [0.29, 0.717) is 5.06 Å². The van der Waals surface area contributed by atoms with E-state index in [1.54, 1.807) is 0 Å². The van der Waals surface area contributed by atoms with Gasteiger partial charge in [-0.25, -0.2) is 0 Å². The molecule has 0 aliphatic carbocycles. The minimum atomic E-state index is -4.50. The molecule has 1 aliphatic rings. The van der Waals surface area contributed by atoms with Crippen molar-refractivity contribution in [2.45, 2.75) is 12.6 Å². The fourth-order valence-corrected chi connectivity index (χ4v) is 1.49. The Morgan fingerprint density at radius 2 is 1.94 bits per heavy atom. The summed E-state index contributed by atoms with van der Waals surface area (Å²) in [5.74, 6) is -0.461. The number of hydrogen-bond acceptors (Lipinski definition) is 2. The van der Waals surface area contributed by atoms with Crippen molar-refractivity contribution < 1.29 is 22.8 Å². The highest BCUT2D eigenvalue weighted by Gasteiger charge is 2.37. The smallest absolute Gasteiger partial charge is 0.272 e. The summed E-state index contributed by atoms with van der Waals surface area (Å²) in [6.45, 7) is 0.116. The maximum Gasteiger partial charge on any atom is 0.418 e. The van der Waals surface area contributed by atoms with Crippen molar-refractivity contribution in [1.29, 1.82) is 0 Å². The number of benzene rings is 1. The molecule has 0 bridgehead atoms. The first-order valence-electron chi connectivity index (χ1n) is 4.62. The van der Waals surface area contributed by atoms with Crippen LogP contribution in [0.2, 0.25) is 0 Å². The van der Waals surface area contributed by atoms with Gasteiger partial charge in [-0.2, -0.15) is 18.2 Å². The third-order valence-electron chi connectivity index (χ3n) is 2.19. The quantitative estimate of drug-likeness (QED) is 0.742. The van der Waals surface area contributed by atoms with Gasteiger partial charge < -0.3 is 0 Å². The van der Waals surface area contributed by atoms with Crippen LogP contribution < -0.4 is 5.06 Å². The van der Waals surface area contributed by atoms with E-state index in [1.807, 2.05) is 0 Å². The molecule has 1 fully saturated rings. The third kappa shape index (κ3) is 1.88. The summed E-state index contributed by atoms with van der Waals surface area (Å²) in [5, 5.41) is 0.711. The number of alkyl halides is 3. The summed E-state index contributed by atoms with van der Waals surface area (Å²) >= 11 is 0. The molecule has 0 radical (unpaired) electrons. The lowest BCUT2D eigenvalue weighted by Gasteiger charge is -2.19. The zero-order valence-electron chi connectivity index (χ0n) is 8.12. The first-order valence-corrected chi connectivity index (χ1v) is 4.62. The molecule has 0 atom stereocenters. The van der Waals surface area contributed by atoms with Gasteiger partial charge in [0.15, 0.2) is 0 Å². The van der Waals surface area contributed by atoms with Crippen LogP contribution in [-0.2, 0) is 15.8 Å². The number of rotatable bonds is 1. The van der Waals surface area contributed by atoms with Gasteiger partial charge in [-0.15, -0.1) is 0 Å². The zero-order chi connectivity index (χ0) is 11.8. The van der Waals surface area contributed by atoms with Crippen molar-refractivity contribution in [3.05, 3.63) is 29.8 Å². The second-order valence-corrected chi connectivity index (χ2v) is 3.29. The second-order valence-electron chi connectivity index (χ2n) is 3.29. The number of anilines is 1. The van der Waals surface area contributed by atoms with Crippen LogP contribution in [0, 0.1) is 0 Å². The van der Waals surface area contributed by atoms with Crippen molar-refractivity contribution in [3.8, 4) is 0 Å². The molecular weight excluding hydrogens is 223 g/mol. The third-order valence-corrected chi connectivity index (χ3v) is 2.19. The van der Waals surface area contributed by atoms with Gasteiger partial charge in [0.05, 0.1) is 24.3 Å². The normalized spacial score (nSPS) is 16.9. The second kappa shape index (κ2) is 3.79. The highest BCUT2D eigenvalue weighted by Crippen LogP contribution is 2.37. The average Bonchev–Trinajstić information content (AvgIpc) is 2.63. The molecule has 2 rings (SSSR count). The summed E-state index contributed by atoms with van der Waals surface area (Å²) in [6.07, 6.45) is -4.39. The Kier molecular flexibility index (Phi) is 2.59. The molecule has 0 N–H and O–H groups in total. The van der Waals surface area contributed by atoms with Gasteiger partial charge in [0.1, 0.15) is 0 Å². The minimum Gasteiger partial charge on any atom is -0.272 e. The topological polar surface area (TPSA) is 29.5 Å². The van der Waals surface area contributed by atoms with Crippen molar-refractivity contribution >= 4 is 11.6 Å². The number of halogens is 3. The average molecular weight is 231 g/mol. The minimum absolute atomic E-state index is 0.103. The SMILES string of the molecule is O=C1CCON1c1ccccc1C(F)(F)F. The van der Waals surface area contributed by atoms with Gasteiger partial charge in [-0.3, -0.25) is 9.63 Å². The molecule has 1 heterocycles. The van der Waals surface area contributed by atoms with Gasteiger partial charge in [0.2, 0.25) is 0 Å². The Bertz CT molecular complexity index is 417. The molecule has 1 aliphatic heterocycles. The van der Waals surface area contributed by atoms with E-state index < -0.39 is 17.6 Å². The lowest BCUT2D eigenvalue weighted by atomic mass is 10.1. The summed E-state index contributed by atoms with van der Waals surface area (Å²) < 4.78 is 37.9. The van der Waals surface area contributed by atoms with Gasteiger partial charge in [-0.05, 0) is 12.1 Å². The molecule has 86 valence electrons. The van der Waals surface area contributed by atoms with Crippen molar-refractivity contribution in [2.24, 2.45) is 0 Å². The number of amides is 1. The van der Waals surface area contributed by atoms with E-state index in [4.69, 9.17) is 4.84 Å². The summed E-state index contributed by atoms with van der Waals surface area (Å²) in [4.78, 5) is 16.2. The number of nitrogens with zero attached hydrogens (tertiary/aromatic N) is 1. The molecule has 6 heteroatoms. The van der Waals surface area contributed by atoms with E-state index in [2.05, 4.69) is 0 Å². The Morgan fingerprint density at radius 3 is 2.50 bits per heavy atom. The van der Waals surface area contributed by atoms with Crippen LogP contribution in [-0.4, -0.2) is 12.5 Å². The van der Waals surface area contributed by atoms with E-state index in [1.165, 1.54) is 18.2 Å². The summed E-state index contributed by atoms with van der Waals surface area (Å²) in [5.41, 5.74) is -1.12. The van der Waals surface area contributed by atoms with E-state index in [9.17, 15) is 18.0 Å². The van der Waals surface area contributed by atoms with Gasteiger partial charge in [0.25, 0.3) is 5.91 Å². The maximum atomic E-state index is 12.6. The Balaban J connectivity index is 2.44. The largest absolute Gasteiger partial charge is 0.418 e. The van der Waals surface area contributed by atoms with Crippen LogP contribution in [0.3, 0.4) is 0 Å². The van der Waals surface area contributed by atoms with Gasteiger partial charge in [0, 0.05) is 0 Å². The van der Waals surface area contributed by atoms with Crippen molar-refractivity contribution in [2.75, 3.05) is 11.7 Å². The first-order chi connectivity index (χ1) is 7.50. The standard InChI is InChI=1S/C10H8F3NO2/c11-10(12,13)7-3-1-2-4-8(7)14-9(15)5-6-16-14/h1-4H,5-6H2. The Morgan fingerprint density at radius 1 is 1.25 bits per heavy atom. The van der Waals surface area contributed by atoms with Crippen LogP contribution in [0.5, 0.6) is 0 Å². The fourth-order valence-electron chi connectivity index (χ4n) is 1.49. The zero-order valence-corrected chi connectivity index (χ0v) is 8.12. The van der Waals surface area contributed by atoms with Gasteiger partial charge >= 0.3 is 6.18 Å². The van der Waals surface area contributed by atoms with E-state index >= 15 is 0 Å². The number of carbonyl (C=O) groups excluding carboxylic acids is 1. The predicted octanol–water partition coefficient (Wildman–Crippen LogP) is 2.37. The number of hydroxylamine groups is 1. The molecule has 3 nitrogen and oxygen atoms in total. The van der Waals surface area contributed by atoms with Crippen LogP contribution in [0.15, 0.2) is 24.3 Å². The first kappa shape index (κ1) is 10.9. The molecule has 0 spiro atoms. The monoisotopic (exact) mass is 231 g/mol. The fraction of sp³-hybridized carbons (Fsp3) is 0.300. The highest BCUT2D eigenvalue weighted by molar-refractivity contribution is 5.93.